The van der Waals surface area contributed by atoms with E-state index in [9.17, 15) is 14.4 Å². The maximum atomic E-state index is 12.8. The van der Waals surface area contributed by atoms with Gasteiger partial charge in [0.15, 0.2) is 0 Å². The number of carbonyl (C=O) groups is 3. The van der Waals surface area contributed by atoms with E-state index in [0.29, 0.717) is 29.2 Å². The number of rotatable bonds is 6. The normalized spacial score (nSPS) is 16.3. The molecule has 2 aromatic rings. The van der Waals surface area contributed by atoms with Crippen molar-refractivity contribution in [2.75, 3.05) is 11.4 Å². The van der Waals surface area contributed by atoms with Crippen LogP contribution in [0.5, 0.6) is 0 Å². The molecule has 1 aliphatic heterocycles. The lowest BCUT2D eigenvalue weighted by Crippen LogP contribution is -2.42. The third-order valence-electron chi connectivity index (χ3n) is 4.57. The highest BCUT2D eigenvalue weighted by molar-refractivity contribution is 6.30. The summed E-state index contributed by atoms with van der Waals surface area (Å²) in [6.45, 7) is 0.446. The Balaban J connectivity index is 1.67. The van der Waals surface area contributed by atoms with Gasteiger partial charge >= 0.3 is 0 Å². The minimum absolute atomic E-state index is 0.163. The monoisotopic (exact) mass is 413 g/mol. The molecular formula is C21H20ClN3O4. The summed E-state index contributed by atoms with van der Waals surface area (Å²) in [4.78, 5) is 38.0. The topological polar surface area (TPSA) is 98.7 Å². The zero-order valence-electron chi connectivity index (χ0n) is 15.5. The Kier molecular flexibility index (Phi) is 6.64. The van der Waals surface area contributed by atoms with Gasteiger partial charge in [-0.25, -0.2) is 5.48 Å². The molecule has 150 valence electrons. The fraction of sp³-hybridized carbons (Fsp3) is 0.190. The van der Waals surface area contributed by atoms with Gasteiger partial charge in [0.25, 0.3) is 5.91 Å². The van der Waals surface area contributed by atoms with E-state index >= 15 is 0 Å². The number of nitrogens with zero attached hydrogens (tertiary/aromatic N) is 1. The van der Waals surface area contributed by atoms with E-state index < -0.39 is 11.9 Å². The standard InChI is InChI=1S/C21H20ClN3O4/c22-16-8-5-14(6-9-16)13-20(27)23-17-11-12-25(21(17)28)18-4-2-1-3-15(18)7-10-19(26)24-29/h1-10,17,29H,11-13H2,(H,23,27)(H,24,26). The Morgan fingerprint density at radius 3 is 2.62 bits per heavy atom. The maximum absolute atomic E-state index is 12.8. The number of benzene rings is 2. The van der Waals surface area contributed by atoms with E-state index in [-0.39, 0.29) is 18.2 Å². The Bertz CT molecular complexity index is 943. The average molecular weight is 414 g/mol. The minimum atomic E-state index is -0.667. The van der Waals surface area contributed by atoms with Crippen molar-refractivity contribution in [3.8, 4) is 0 Å². The molecule has 3 amide bonds. The van der Waals surface area contributed by atoms with Gasteiger partial charge in [0.1, 0.15) is 6.04 Å². The highest BCUT2D eigenvalue weighted by Crippen LogP contribution is 2.26. The molecule has 1 fully saturated rings. The molecule has 1 heterocycles. The fourth-order valence-corrected chi connectivity index (χ4v) is 3.29. The molecule has 29 heavy (non-hydrogen) atoms. The SMILES string of the molecule is O=C(C=Cc1ccccc1N1CCC(NC(=O)Cc2ccc(Cl)cc2)C1=O)NO. The molecule has 0 saturated carbocycles. The number of para-hydroxylation sites is 1. The third kappa shape index (κ3) is 5.22. The molecule has 1 aliphatic rings. The van der Waals surface area contributed by atoms with Crippen LogP contribution in [0.3, 0.4) is 0 Å². The summed E-state index contributed by atoms with van der Waals surface area (Å²) in [6, 6.07) is 13.5. The number of hydrogen-bond acceptors (Lipinski definition) is 4. The van der Waals surface area contributed by atoms with Crippen molar-refractivity contribution in [2.45, 2.75) is 18.9 Å². The van der Waals surface area contributed by atoms with Crippen molar-refractivity contribution in [3.05, 3.63) is 70.8 Å². The third-order valence-corrected chi connectivity index (χ3v) is 4.82. The van der Waals surface area contributed by atoms with E-state index in [1.807, 2.05) is 0 Å². The van der Waals surface area contributed by atoms with E-state index in [1.54, 1.807) is 53.4 Å². The lowest BCUT2D eigenvalue weighted by molar-refractivity contribution is -0.126. The van der Waals surface area contributed by atoms with Crippen molar-refractivity contribution >= 4 is 41.1 Å². The number of hydrogen-bond donors (Lipinski definition) is 3. The molecule has 2 aromatic carbocycles. The van der Waals surface area contributed by atoms with E-state index in [4.69, 9.17) is 16.8 Å². The van der Waals surface area contributed by atoms with Crippen molar-refractivity contribution in [3.63, 3.8) is 0 Å². The largest absolute Gasteiger partial charge is 0.344 e. The minimum Gasteiger partial charge on any atom is -0.344 e. The van der Waals surface area contributed by atoms with Crippen molar-refractivity contribution in [1.82, 2.24) is 10.8 Å². The zero-order valence-corrected chi connectivity index (χ0v) is 16.2. The smallest absolute Gasteiger partial charge is 0.267 e. The number of hydroxylamine groups is 1. The first-order valence-corrected chi connectivity index (χ1v) is 9.42. The molecule has 1 unspecified atom stereocenters. The molecule has 0 aromatic heterocycles. The summed E-state index contributed by atoms with van der Waals surface area (Å²) in [6.07, 6.45) is 3.34. The predicted octanol–water partition coefficient (Wildman–Crippen LogP) is 2.32. The number of anilines is 1. The Morgan fingerprint density at radius 2 is 1.90 bits per heavy atom. The highest BCUT2D eigenvalue weighted by atomic mass is 35.5. The zero-order chi connectivity index (χ0) is 20.8. The van der Waals surface area contributed by atoms with Crippen molar-refractivity contribution in [2.24, 2.45) is 0 Å². The van der Waals surface area contributed by atoms with Gasteiger partial charge in [-0.2, -0.15) is 0 Å². The van der Waals surface area contributed by atoms with Crippen LogP contribution in [0, 0.1) is 0 Å². The average Bonchev–Trinajstić information content (AvgIpc) is 3.08. The van der Waals surface area contributed by atoms with E-state index in [2.05, 4.69) is 5.32 Å². The Hall–Kier alpha value is -3.16. The molecule has 8 heteroatoms. The van der Waals surface area contributed by atoms with Crippen molar-refractivity contribution < 1.29 is 19.6 Å². The van der Waals surface area contributed by atoms with E-state index in [0.717, 1.165) is 5.56 Å². The predicted molar refractivity (Wildman–Crippen MR) is 109 cm³/mol. The van der Waals surface area contributed by atoms with Gasteiger partial charge < -0.3 is 10.2 Å². The Labute approximate surface area is 172 Å². The van der Waals surface area contributed by atoms with Crippen LogP contribution >= 0.6 is 11.6 Å². The van der Waals surface area contributed by atoms with Crippen LogP contribution in [0.2, 0.25) is 5.02 Å². The van der Waals surface area contributed by atoms with Gasteiger partial charge in [-0.05, 0) is 41.8 Å². The van der Waals surface area contributed by atoms with Crippen LogP contribution in [-0.4, -0.2) is 35.5 Å². The first-order valence-electron chi connectivity index (χ1n) is 9.04. The number of halogens is 1. The first-order chi connectivity index (χ1) is 14.0. The molecule has 1 saturated heterocycles. The molecular weight excluding hydrogens is 394 g/mol. The lowest BCUT2D eigenvalue weighted by Gasteiger charge is -2.19. The highest BCUT2D eigenvalue weighted by Gasteiger charge is 2.34. The summed E-state index contributed by atoms with van der Waals surface area (Å²) in [5.41, 5.74) is 3.62. The summed E-state index contributed by atoms with van der Waals surface area (Å²) < 4.78 is 0. The quantitative estimate of drug-likeness (QED) is 0.384. The lowest BCUT2D eigenvalue weighted by atomic mass is 10.1. The second kappa shape index (κ2) is 9.36. The number of amides is 3. The molecule has 0 bridgehead atoms. The van der Waals surface area contributed by atoms with Gasteiger partial charge in [-0.3, -0.25) is 19.6 Å². The van der Waals surface area contributed by atoms with Gasteiger partial charge in [-0.15, -0.1) is 0 Å². The van der Waals surface area contributed by atoms with Crippen molar-refractivity contribution in [1.29, 1.82) is 0 Å². The van der Waals surface area contributed by atoms with Gasteiger partial charge in [0.2, 0.25) is 11.8 Å². The van der Waals surface area contributed by atoms with Crippen LogP contribution in [0.25, 0.3) is 6.08 Å². The van der Waals surface area contributed by atoms with Crippen LogP contribution in [0.15, 0.2) is 54.6 Å². The van der Waals surface area contributed by atoms with Gasteiger partial charge in [-0.1, -0.05) is 41.9 Å². The molecule has 3 rings (SSSR count). The van der Waals surface area contributed by atoms with Gasteiger partial charge in [0, 0.05) is 17.6 Å². The second-order valence-electron chi connectivity index (χ2n) is 6.57. The maximum Gasteiger partial charge on any atom is 0.267 e. The van der Waals surface area contributed by atoms with Gasteiger partial charge in [0.05, 0.1) is 12.1 Å². The summed E-state index contributed by atoms with van der Waals surface area (Å²) in [7, 11) is 0. The van der Waals surface area contributed by atoms with Crippen LogP contribution in [0.4, 0.5) is 5.69 Å². The molecule has 0 aliphatic carbocycles. The van der Waals surface area contributed by atoms with Crippen LogP contribution < -0.4 is 15.7 Å². The first kappa shape index (κ1) is 20.6. The molecule has 1 atom stereocenters. The van der Waals surface area contributed by atoms with Crippen LogP contribution in [0.1, 0.15) is 17.5 Å². The second-order valence-corrected chi connectivity index (χ2v) is 7.01. The summed E-state index contributed by atoms with van der Waals surface area (Å²) >= 11 is 5.85. The Morgan fingerprint density at radius 1 is 1.17 bits per heavy atom. The molecule has 3 N–H and O–H groups in total. The number of carbonyl (C=O) groups excluding carboxylic acids is 3. The fourth-order valence-electron chi connectivity index (χ4n) is 3.16. The van der Waals surface area contributed by atoms with E-state index in [1.165, 1.54) is 17.6 Å². The van der Waals surface area contributed by atoms with Crippen LogP contribution in [-0.2, 0) is 20.8 Å². The molecule has 0 spiro atoms. The number of nitrogens with one attached hydrogen (secondary N) is 2. The molecule has 0 radical (unpaired) electrons. The summed E-state index contributed by atoms with van der Waals surface area (Å²) in [5, 5.41) is 12.0. The summed E-state index contributed by atoms with van der Waals surface area (Å²) in [5.74, 6) is -1.11. The molecule has 7 nitrogen and oxygen atoms in total.